The molecule has 2 amide bonds. The highest BCUT2D eigenvalue weighted by atomic mass is 32.1. The number of carbonyl (C=O) groups excluding carboxylic acids is 1. The van der Waals surface area contributed by atoms with E-state index in [1.807, 2.05) is 4.90 Å². The maximum Gasteiger partial charge on any atom is 0.317 e. The van der Waals surface area contributed by atoms with Crippen molar-refractivity contribution >= 4 is 28.5 Å². The lowest BCUT2D eigenvalue weighted by Crippen LogP contribution is -2.48. The highest BCUT2D eigenvalue weighted by Gasteiger charge is 2.27. The third-order valence-corrected chi connectivity index (χ3v) is 4.64. The van der Waals surface area contributed by atoms with Crippen LogP contribution in [0.4, 0.5) is 9.93 Å². The summed E-state index contributed by atoms with van der Waals surface area (Å²) in [7, 11) is 0. The van der Waals surface area contributed by atoms with Crippen LogP contribution in [0.3, 0.4) is 0 Å². The van der Waals surface area contributed by atoms with Crippen molar-refractivity contribution in [3.8, 4) is 0 Å². The van der Waals surface area contributed by atoms with Crippen molar-refractivity contribution in [2.45, 2.75) is 38.3 Å². The smallest absolute Gasteiger partial charge is 0.317 e. The third-order valence-electron chi connectivity index (χ3n) is 3.66. The molecule has 1 saturated carbocycles. The number of urea groups is 1. The van der Waals surface area contributed by atoms with Crippen LogP contribution in [-0.2, 0) is 13.0 Å². The third kappa shape index (κ3) is 2.69. The van der Waals surface area contributed by atoms with Crippen LogP contribution in [0.15, 0.2) is 4.99 Å². The Kier molecular flexibility index (Phi) is 3.47. The van der Waals surface area contributed by atoms with E-state index in [2.05, 4.69) is 15.3 Å². The Bertz CT molecular complexity index is 546. The van der Waals surface area contributed by atoms with Gasteiger partial charge in [0.05, 0.1) is 12.2 Å². The number of nitrogens with one attached hydrogen (secondary N) is 1. The molecule has 1 aromatic rings. The van der Waals surface area contributed by atoms with Crippen molar-refractivity contribution in [3.63, 3.8) is 0 Å². The molecule has 108 valence electrons. The molecular formula is C12H18N6OS. The van der Waals surface area contributed by atoms with Gasteiger partial charge in [0.25, 0.3) is 0 Å². The van der Waals surface area contributed by atoms with Gasteiger partial charge in [-0.1, -0.05) is 11.3 Å². The zero-order valence-corrected chi connectivity index (χ0v) is 11.9. The molecule has 0 saturated heterocycles. The molecule has 2 heterocycles. The monoisotopic (exact) mass is 294 g/mol. The van der Waals surface area contributed by atoms with Crippen molar-refractivity contribution < 1.29 is 4.79 Å². The molecule has 5 N–H and O–H groups in total. The van der Waals surface area contributed by atoms with Crippen LogP contribution in [-0.4, -0.2) is 34.5 Å². The van der Waals surface area contributed by atoms with Crippen molar-refractivity contribution in [1.29, 1.82) is 0 Å². The lowest BCUT2D eigenvalue weighted by atomic mass is 9.93. The van der Waals surface area contributed by atoms with Gasteiger partial charge < -0.3 is 21.7 Å². The second-order valence-electron chi connectivity index (χ2n) is 5.15. The summed E-state index contributed by atoms with van der Waals surface area (Å²) in [6, 6.07) is 0.389. The molecule has 2 aliphatic rings. The molecule has 1 aliphatic carbocycles. The molecule has 0 spiro atoms. The molecule has 0 bridgehead atoms. The van der Waals surface area contributed by atoms with Gasteiger partial charge in [-0.05, 0) is 19.3 Å². The fourth-order valence-electron chi connectivity index (χ4n) is 2.33. The number of aromatic nitrogens is 1. The number of hydrogen-bond donors (Lipinski definition) is 3. The molecule has 1 fully saturated rings. The second-order valence-corrected chi connectivity index (χ2v) is 6.21. The Labute approximate surface area is 121 Å². The second kappa shape index (κ2) is 5.28. The molecule has 0 unspecified atom stereocenters. The van der Waals surface area contributed by atoms with Gasteiger partial charge in [0.15, 0.2) is 5.96 Å². The average molecular weight is 294 g/mol. The summed E-state index contributed by atoms with van der Waals surface area (Å²) < 4.78 is 0. The van der Waals surface area contributed by atoms with Crippen molar-refractivity contribution in [3.05, 3.63) is 10.6 Å². The van der Waals surface area contributed by atoms with Crippen LogP contribution in [0.1, 0.15) is 29.8 Å². The minimum Gasteiger partial charge on any atom is -0.370 e. The molecule has 7 nitrogen and oxygen atoms in total. The first-order valence-corrected chi connectivity index (χ1v) is 7.57. The number of rotatable bonds is 2. The number of hydrogen-bond acceptors (Lipinski definition) is 4. The van der Waals surface area contributed by atoms with Gasteiger partial charge in [0, 0.05) is 23.9 Å². The lowest BCUT2D eigenvalue weighted by molar-refractivity contribution is 0.181. The molecule has 0 atom stereocenters. The Morgan fingerprint density at radius 1 is 1.45 bits per heavy atom. The van der Waals surface area contributed by atoms with Gasteiger partial charge >= 0.3 is 6.03 Å². The molecule has 1 aliphatic heterocycles. The molecule has 8 heteroatoms. The number of carbonyl (C=O) groups is 1. The van der Waals surface area contributed by atoms with Gasteiger partial charge in [-0.3, -0.25) is 0 Å². The topological polar surface area (TPSA) is 110 Å². The fraction of sp³-hybridized carbons (Fsp3) is 0.583. The van der Waals surface area contributed by atoms with Crippen molar-refractivity contribution in [2.75, 3.05) is 6.54 Å². The number of nitrogens with zero attached hydrogens (tertiary/aromatic N) is 3. The van der Waals surface area contributed by atoms with Crippen molar-refractivity contribution in [1.82, 2.24) is 15.2 Å². The number of nitrogens with two attached hydrogens (primary N) is 2. The molecule has 1 aromatic heterocycles. The quantitative estimate of drug-likeness (QED) is 0.550. The predicted octanol–water partition coefficient (Wildman–Crippen LogP) is 0.668. The Morgan fingerprint density at radius 3 is 2.90 bits per heavy atom. The summed E-state index contributed by atoms with van der Waals surface area (Å²) in [5, 5.41) is 3.63. The normalized spacial score (nSPS) is 18.1. The van der Waals surface area contributed by atoms with Crippen LogP contribution in [0.5, 0.6) is 0 Å². The summed E-state index contributed by atoms with van der Waals surface area (Å²) in [4.78, 5) is 23.4. The first kappa shape index (κ1) is 13.2. The number of thiazole rings is 1. The van der Waals surface area contributed by atoms with E-state index in [0.29, 0.717) is 24.3 Å². The Hall–Kier alpha value is -1.83. The van der Waals surface area contributed by atoms with Gasteiger partial charge in [0.1, 0.15) is 0 Å². The highest BCUT2D eigenvalue weighted by molar-refractivity contribution is 7.15. The van der Waals surface area contributed by atoms with Crippen LogP contribution in [0.25, 0.3) is 0 Å². The average Bonchev–Trinajstić information content (AvgIpc) is 2.73. The summed E-state index contributed by atoms with van der Waals surface area (Å²) in [6.45, 7) is 1.28. The number of fused-ring (bicyclic) bond motifs is 1. The van der Waals surface area contributed by atoms with E-state index in [4.69, 9.17) is 11.5 Å². The zero-order valence-electron chi connectivity index (χ0n) is 11.1. The van der Waals surface area contributed by atoms with E-state index in [1.165, 1.54) is 17.8 Å². The van der Waals surface area contributed by atoms with Gasteiger partial charge in [0.2, 0.25) is 5.13 Å². The number of guanidine groups is 1. The highest BCUT2D eigenvalue weighted by Crippen LogP contribution is 2.30. The predicted molar refractivity (Wildman–Crippen MR) is 77.9 cm³/mol. The summed E-state index contributed by atoms with van der Waals surface area (Å²) >= 11 is 1.44. The summed E-state index contributed by atoms with van der Waals surface area (Å²) in [6.07, 6.45) is 4.16. The van der Waals surface area contributed by atoms with E-state index < -0.39 is 0 Å². The van der Waals surface area contributed by atoms with E-state index in [0.717, 1.165) is 29.8 Å². The van der Waals surface area contributed by atoms with E-state index in [1.54, 1.807) is 0 Å². The van der Waals surface area contributed by atoms with Crippen LogP contribution in [0.2, 0.25) is 0 Å². The zero-order chi connectivity index (χ0) is 14.1. The maximum atomic E-state index is 12.1. The lowest BCUT2D eigenvalue weighted by Gasteiger charge is -2.32. The minimum atomic E-state index is 0.00989. The number of aliphatic imine (C=N–C) groups is 1. The number of amides is 2. The standard InChI is InChI=1S/C12H18N6OS/c13-10(14)17-11-16-8-4-5-18(6-9(8)20-11)12(19)15-7-2-1-3-7/h7H,1-6H2,(H,15,19)(H4,13,14,16,17). The van der Waals surface area contributed by atoms with E-state index >= 15 is 0 Å². The Balaban J connectivity index is 1.66. The molecule has 20 heavy (non-hydrogen) atoms. The SMILES string of the molecule is NC(N)=Nc1nc2c(s1)CN(C(=O)NC1CCC1)CC2. The molecule has 0 aromatic carbocycles. The van der Waals surface area contributed by atoms with Gasteiger partial charge in [-0.2, -0.15) is 4.99 Å². The van der Waals surface area contributed by atoms with Crippen molar-refractivity contribution in [2.24, 2.45) is 16.5 Å². The van der Waals surface area contributed by atoms with Crippen LogP contribution >= 0.6 is 11.3 Å². The molecule has 0 radical (unpaired) electrons. The molecule has 3 rings (SSSR count). The summed E-state index contributed by atoms with van der Waals surface area (Å²) in [5.74, 6) is 0.00989. The first-order chi connectivity index (χ1) is 9.61. The molecular weight excluding hydrogens is 276 g/mol. The van der Waals surface area contributed by atoms with Gasteiger partial charge in [-0.15, -0.1) is 0 Å². The summed E-state index contributed by atoms with van der Waals surface area (Å²) in [5.41, 5.74) is 11.7. The largest absolute Gasteiger partial charge is 0.370 e. The fourth-order valence-corrected chi connectivity index (χ4v) is 3.35. The minimum absolute atomic E-state index is 0.00989. The van der Waals surface area contributed by atoms with Crippen LogP contribution in [0, 0.1) is 0 Å². The van der Waals surface area contributed by atoms with Gasteiger partial charge in [-0.25, -0.2) is 9.78 Å². The van der Waals surface area contributed by atoms with E-state index in [-0.39, 0.29) is 12.0 Å². The first-order valence-electron chi connectivity index (χ1n) is 6.75. The van der Waals surface area contributed by atoms with Crippen LogP contribution < -0.4 is 16.8 Å². The Morgan fingerprint density at radius 2 is 2.25 bits per heavy atom. The maximum absolute atomic E-state index is 12.1. The van der Waals surface area contributed by atoms with E-state index in [9.17, 15) is 4.79 Å².